The van der Waals surface area contributed by atoms with Gasteiger partial charge in [-0.3, -0.25) is 0 Å². The summed E-state index contributed by atoms with van der Waals surface area (Å²) in [6, 6.07) is 0. The Morgan fingerprint density at radius 2 is 2.22 bits per heavy atom. The van der Waals surface area contributed by atoms with E-state index < -0.39 is 12.4 Å². The van der Waals surface area contributed by atoms with Crippen LogP contribution in [-0.2, 0) is 9.53 Å². The minimum absolute atomic E-state index is 0.184. The fraction of sp³-hybridized carbons (Fsp3) is 0.200. The molecule has 0 aromatic heterocycles. The van der Waals surface area contributed by atoms with Crippen LogP contribution >= 0.6 is 0 Å². The largest absolute Gasteiger partial charge is 0.457 e. The standard InChI is InChI=1S/C5H5F2O2/c1-2-3-9-5(8)4(6)7/h2H,1,3H2. The lowest BCUT2D eigenvalue weighted by atomic mass is 10.6. The first kappa shape index (κ1) is 8.07. The molecule has 0 aliphatic heterocycles. The lowest BCUT2D eigenvalue weighted by Gasteiger charge is -1.95. The Labute approximate surface area is 51.1 Å². The zero-order valence-electron chi connectivity index (χ0n) is 4.56. The van der Waals surface area contributed by atoms with Crippen molar-refractivity contribution in [1.29, 1.82) is 0 Å². The van der Waals surface area contributed by atoms with Gasteiger partial charge in [0, 0.05) is 0 Å². The summed E-state index contributed by atoms with van der Waals surface area (Å²) in [5.74, 6) is -1.59. The van der Waals surface area contributed by atoms with Gasteiger partial charge in [-0.15, -0.1) is 0 Å². The van der Waals surface area contributed by atoms with Crippen LogP contribution < -0.4 is 0 Å². The summed E-state index contributed by atoms with van der Waals surface area (Å²) in [7, 11) is 0. The smallest absolute Gasteiger partial charge is 0.415 e. The molecule has 51 valence electrons. The Bertz CT molecular complexity index is 112. The fourth-order valence-corrected chi connectivity index (χ4v) is 0.189. The van der Waals surface area contributed by atoms with Crippen LogP contribution in [0.1, 0.15) is 0 Å². The molecule has 0 unspecified atom stereocenters. The Balaban J connectivity index is 3.38. The molecule has 0 aromatic rings. The van der Waals surface area contributed by atoms with Crippen molar-refractivity contribution in [3.05, 3.63) is 19.1 Å². The summed E-state index contributed by atoms with van der Waals surface area (Å²) in [5, 5.41) is 0. The maximum absolute atomic E-state index is 11.2. The van der Waals surface area contributed by atoms with Gasteiger partial charge >= 0.3 is 12.4 Å². The van der Waals surface area contributed by atoms with Crippen molar-refractivity contribution >= 4 is 5.97 Å². The zero-order chi connectivity index (χ0) is 7.28. The van der Waals surface area contributed by atoms with Gasteiger partial charge in [0.25, 0.3) is 0 Å². The molecule has 0 N–H and O–H groups in total. The zero-order valence-corrected chi connectivity index (χ0v) is 4.56. The number of hydrogen-bond acceptors (Lipinski definition) is 2. The minimum Gasteiger partial charge on any atom is -0.457 e. The van der Waals surface area contributed by atoms with Gasteiger partial charge in [0.2, 0.25) is 0 Å². The molecule has 0 bridgehead atoms. The van der Waals surface area contributed by atoms with E-state index in [9.17, 15) is 13.6 Å². The first-order valence-electron chi connectivity index (χ1n) is 2.14. The van der Waals surface area contributed by atoms with E-state index in [1.165, 1.54) is 6.08 Å². The molecule has 2 nitrogen and oxygen atoms in total. The molecular formula is C5H5F2O2. The van der Waals surface area contributed by atoms with Crippen molar-refractivity contribution in [3.63, 3.8) is 0 Å². The van der Waals surface area contributed by atoms with E-state index in [1.54, 1.807) is 0 Å². The van der Waals surface area contributed by atoms with Crippen LogP contribution in [0.25, 0.3) is 0 Å². The van der Waals surface area contributed by atoms with Gasteiger partial charge in [-0.2, -0.15) is 8.78 Å². The monoisotopic (exact) mass is 135 g/mol. The topological polar surface area (TPSA) is 26.3 Å². The summed E-state index contributed by atoms with van der Waals surface area (Å²) in [5.41, 5.74) is 0. The van der Waals surface area contributed by atoms with Crippen LogP contribution in [0.5, 0.6) is 0 Å². The third-order valence-electron chi connectivity index (χ3n) is 0.487. The summed E-state index contributed by atoms with van der Waals surface area (Å²) in [6.07, 6.45) is -1.13. The molecule has 0 fully saturated rings. The predicted molar refractivity (Wildman–Crippen MR) is 26.6 cm³/mol. The van der Waals surface area contributed by atoms with Crippen molar-refractivity contribution in [2.75, 3.05) is 6.61 Å². The van der Waals surface area contributed by atoms with Gasteiger partial charge in [-0.25, -0.2) is 4.79 Å². The second-order valence-electron chi connectivity index (χ2n) is 1.15. The third kappa shape index (κ3) is 3.64. The molecule has 4 heteroatoms. The van der Waals surface area contributed by atoms with Crippen LogP contribution in [0.15, 0.2) is 12.7 Å². The average Bonchev–Trinajstić information content (AvgIpc) is 1.82. The Morgan fingerprint density at radius 1 is 1.67 bits per heavy atom. The van der Waals surface area contributed by atoms with E-state index in [0.717, 1.165) is 0 Å². The van der Waals surface area contributed by atoms with E-state index in [4.69, 9.17) is 0 Å². The average molecular weight is 135 g/mol. The first-order chi connectivity index (χ1) is 4.18. The molecule has 0 saturated carbocycles. The van der Waals surface area contributed by atoms with E-state index in [2.05, 4.69) is 11.3 Å². The third-order valence-corrected chi connectivity index (χ3v) is 0.487. The Hall–Kier alpha value is -0.930. The predicted octanol–water partition coefficient (Wildman–Crippen LogP) is 1.14. The molecule has 0 aliphatic rings. The maximum Gasteiger partial charge on any atom is 0.415 e. The first-order valence-corrected chi connectivity index (χ1v) is 2.14. The van der Waals surface area contributed by atoms with E-state index >= 15 is 0 Å². The molecule has 0 atom stereocenters. The SMILES string of the molecule is C=CCOC(=O)[C](F)F. The highest BCUT2D eigenvalue weighted by atomic mass is 19.3. The summed E-state index contributed by atoms with van der Waals surface area (Å²) in [4.78, 5) is 9.84. The van der Waals surface area contributed by atoms with Crippen LogP contribution in [0.2, 0.25) is 0 Å². The van der Waals surface area contributed by atoms with Crippen molar-refractivity contribution in [1.82, 2.24) is 0 Å². The van der Waals surface area contributed by atoms with Crippen LogP contribution in [0.3, 0.4) is 0 Å². The molecule has 0 aromatic carbocycles. The quantitative estimate of drug-likeness (QED) is 0.428. The summed E-state index contributed by atoms with van der Waals surface area (Å²) >= 11 is 0. The number of carbonyl (C=O) groups is 1. The van der Waals surface area contributed by atoms with Crippen molar-refractivity contribution < 1.29 is 18.3 Å². The number of carbonyl (C=O) groups excluding carboxylic acids is 1. The second kappa shape index (κ2) is 4.00. The number of ether oxygens (including phenoxy) is 1. The van der Waals surface area contributed by atoms with Crippen molar-refractivity contribution in [3.8, 4) is 0 Å². The number of halogens is 2. The Kier molecular flexibility index (Phi) is 3.59. The summed E-state index contributed by atoms with van der Waals surface area (Å²) in [6.45, 7) is 2.98. The molecule has 9 heavy (non-hydrogen) atoms. The number of hydrogen-bond donors (Lipinski definition) is 0. The molecule has 0 spiro atoms. The molecule has 0 rings (SSSR count). The van der Waals surface area contributed by atoms with Crippen molar-refractivity contribution in [2.45, 2.75) is 0 Å². The highest BCUT2D eigenvalue weighted by Gasteiger charge is 2.18. The molecule has 0 heterocycles. The molecule has 0 amide bonds. The van der Waals surface area contributed by atoms with Gasteiger partial charge in [0.15, 0.2) is 0 Å². The lowest BCUT2D eigenvalue weighted by molar-refractivity contribution is -0.146. The van der Waals surface area contributed by atoms with Crippen molar-refractivity contribution in [2.24, 2.45) is 0 Å². The van der Waals surface area contributed by atoms with Crippen LogP contribution in [0.4, 0.5) is 8.78 Å². The molecule has 1 radical (unpaired) electrons. The maximum atomic E-state index is 11.2. The van der Waals surface area contributed by atoms with Crippen LogP contribution in [0, 0.1) is 6.43 Å². The van der Waals surface area contributed by atoms with E-state index in [1.807, 2.05) is 0 Å². The fourth-order valence-electron chi connectivity index (χ4n) is 0.189. The highest BCUT2D eigenvalue weighted by molar-refractivity contribution is 5.80. The van der Waals surface area contributed by atoms with Gasteiger partial charge in [0.05, 0.1) is 0 Å². The molecule has 0 saturated heterocycles. The van der Waals surface area contributed by atoms with Gasteiger partial charge in [-0.05, 0) is 0 Å². The van der Waals surface area contributed by atoms with Gasteiger partial charge < -0.3 is 4.74 Å². The lowest BCUT2D eigenvalue weighted by Crippen LogP contribution is -2.07. The molecular weight excluding hydrogens is 130 g/mol. The normalized spacial score (nSPS) is 9.22. The number of esters is 1. The Morgan fingerprint density at radius 3 is 2.56 bits per heavy atom. The van der Waals surface area contributed by atoms with E-state index in [0.29, 0.717) is 0 Å². The van der Waals surface area contributed by atoms with Gasteiger partial charge in [-0.1, -0.05) is 12.7 Å². The van der Waals surface area contributed by atoms with Gasteiger partial charge in [0.1, 0.15) is 6.61 Å². The highest BCUT2D eigenvalue weighted by Crippen LogP contribution is 2.04. The van der Waals surface area contributed by atoms with E-state index in [-0.39, 0.29) is 6.61 Å². The molecule has 0 aliphatic carbocycles. The number of rotatable bonds is 3. The minimum atomic E-state index is -2.34. The summed E-state index contributed by atoms with van der Waals surface area (Å²) < 4.78 is 26.2. The van der Waals surface area contributed by atoms with Crippen LogP contribution in [-0.4, -0.2) is 12.6 Å². The second-order valence-corrected chi connectivity index (χ2v) is 1.15.